The van der Waals surface area contributed by atoms with E-state index in [9.17, 15) is 10.1 Å². The van der Waals surface area contributed by atoms with Crippen molar-refractivity contribution in [1.29, 1.82) is 0 Å². The summed E-state index contributed by atoms with van der Waals surface area (Å²) >= 11 is 0. The molecule has 112 valence electrons. The quantitative estimate of drug-likeness (QED) is 0.459. The van der Waals surface area contributed by atoms with Crippen LogP contribution >= 0.6 is 0 Å². The van der Waals surface area contributed by atoms with Crippen LogP contribution in [0.4, 0.5) is 5.69 Å². The number of methoxy groups -OCH3 is 1. The maximum atomic E-state index is 10.8. The summed E-state index contributed by atoms with van der Waals surface area (Å²) in [7, 11) is 1.67. The number of benzene rings is 1. The van der Waals surface area contributed by atoms with Crippen LogP contribution in [-0.2, 0) is 17.8 Å². The van der Waals surface area contributed by atoms with E-state index in [0.29, 0.717) is 13.2 Å². The zero-order valence-corrected chi connectivity index (χ0v) is 12.0. The molecule has 21 heavy (non-hydrogen) atoms. The molecule has 1 aromatic carbocycles. The van der Waals surface area contributed by atoms with Gasteiger partial charge in [0.1, 0.15) is 0 Å². The van der Waals surface area contributed by atoms with Gasteiger partial charge >= 0.3 is 0 Å². The molecule has 1 heterocycles. The first-order valence-electron chi connectivity index (χ1n) is 6.77. The van der Waals surface area contributed by atoms with Crippen LogP contribution in [0.15, 0.2) is 42.6 Å². The Morgan fingerprint density at radius 1 is 1.33 bits per heavy atom. The van der Waals surface area contributed by atoms with Crippen LogP contribution < -0.4 is 5.32 Å². The second-order valence-corrected chi connectivity index (χ2v) is 4.72. The summed E-state index contributed by atoms with van der Waals surface area (Å²) in [5.41, 5.74) is 2.18. The second-order valence-electron chi connectivity index (χ2n) is 4.72. The highest BCUT2D eigenvalue weighted by molar-refractivity contribution is 5.34. The Morgan fingerprint density at radius 2 is 2.19 bits per heavy atom. The van der Waals surface area contributed by atoms with E-state index in [1.54, 1.807) is 19.2 Å². The summed E-state index contributed by atoms with van der Waals surface area (Å²) in [6.45, 7) is 2.82. The van der Waals surface area contributed by atoms with Gasteiger partial charge in [0.05, 0.1) is 11.5 Å². The number of nitro benzene ring substituents is 1. The molecule has 1 aromatic heterocycles. The van der Waals surface area contributed by atoms with E-state index < -0.39 is 0 Å². The van der Waals surface area contributed by atoms with E-state index >= 15 is 0 Å². The largest absolute Gasteiger partial charge is 0.383 e. The number of nitrogens with zero attached hydrogens (tertiary/aromatic N) is 2. The van der Waals surface area contributed by atoms with Gasteiger partial charge in [-0.05, 0) is 17.7 Å². The van der Waals surface area contributed by atoms with Crippen molar-refractivity contribution in [2.24, 2.45) is 0 Å². The van der Waals surface area contributed by atoms with Gasteiger partial charge in [-0.3, -0.25) is 10.1 Å². The lowest BCUT2D eigenvalue weighted by molar-refractivity contribution is -0.384. The van der Waals surface area contributed by atoms with Gasteiger partial charge in [0.15, 0.2) is 0 Å². The lowest BCUT2D eigenvalue weighted by Gasteiger charge is -2.10. The lowest BCUT2D eigenvalue weighted by Crippen LogP contribution is -2.20. The molecule has 1 N–H and O–H groups in total. The van der Waals surface area contributed by atoms with Gasteiger partial charge in [0.25, 0.3) is 5.69 Å². The van der Waals surface area contributed by atoms with Crippen LogP contribution in [-0.4, -0.2) is 29.8 Å². The molecule has 0 aliphatic rings. The number of ether oxygens (including phenoxy) is 1. The summed E-state index contributed by atoms with van der Waals surface area (Å²) < 4.78 is 7.07. The molecular weight excluding hydrogens is 270 g/mol. The summed E-state index contributed by atoms with van der Waals surface area (Å²) in [4.78, 5) is 10.4. The van der Waals surface area contributed by atoms with E-state index in [2.05, 4.69) is 9.88 Å². The molecule has 0 aliphatic heterocycles. The fourth-order valence-electron chi connectivity index (χ4n) is 2.12. The Balaban J connectivity index is 2.01. The van der Waals surface area contributed by atoms with E-state index in [0.717, 1.165) is 24.3 Å². The monoisotopic (exact) mass is 289 g/mol. The Morgan fingerprint density at radius 3 is 2.95 bits per heavy atom. The average molecular weight is 289 g/mol. The highest BCUT2D eigenvalue weighted by Gasteiger charge is 2.07. The van der Waals surface area contributed by atoms with Crippen molar-refractivity contribution in [3.05, 3.63) is 64.0 Å². The summed E-state index contributed by atoms with van der Waals surface area (Å²) in [5.74, 6) is 0. The van der Waals surface area contributed by atoms with Crippen molar-refractivity contribution in [2.75, 3.05) is 20.3 Å². The Labute approximate surface area is 123 Å². The number of non-ortho nitro benzene ring substituents is 1. The minimum absolute atomic E-state index is 0.124. The zero-order valence-electron chi connectivity index (χ0n) is 12.0. The van der Waals surface area contributed by atoms with Gasteiger partial charge in [-0.1, -0.05) is 12.1 Å². The molecule has 0 unspecified atom stereocenters. The van der Waals surface area contributed by atoms with E-state index in [-0.39, 0.29) is 10.6 Å². The van der Waals surface area contributed by atoms with E-state index in [1.165, 1.54) is 6.07 Å². The van der Waals surface area contributed by atoms with Gasteiger partial charge in [-0.15, -0.1) is 0 Å². The van der Waals surface area contributed by atoms with Gasteiger partial charge in [0.2, 0.25) is 0 Å². The minimum Gasteiger partial charge on any atom is -0.383 e. The van der Waals surface area contributed by atoms with E-state index in [1.807, 2.05) is 24.4 Å². The molecule has 0 spiro atoms. The van der Waals surface area contributed by atoms with Crippen LogP contribution in [0.1, 0.15) is 11.3 Å². The summed E-state index contributed by atoms with van der Waals surface area (Å²) in [6, 6.07) is 10.7. The number of nitrogens with one attached hydrogen (secondary N) is 1. The van der Waals surface area contributed by atoms with Crippen LogP contribution in [0.5, 0.6) is 0 Å². The van der Waals surface area contributed by atoms with Crippen molar-refractivity contribution in [2.45, 2.75) is 13.1 Å². The number of hydrogen-bond donors (Lipinski definition) is 1. The molecule has 6 heteroatoms. The standard InChI is InChI=1S/C15H19N3O3/c1-21-9-7-16-11-15-6-3-8-17(15)12-13-4-2-5-14(10-13)18(19)20/h2-6,8,10,16H,7,9,11-12H2,1H3. The number of nitro groups is 1. The Kier molecular flexibility index (Phi) is 5.48. The first-order valence-corrected chi connectivity index (χ1v) is 6.77. The molecule has 0 atom stereocenters. The third-order valence-electron chi connectivity index (χ3n) is 3.19. The average Bonchev–Trinajstić information content (AvgIpc) is 2.91. The fraction of sp³-hybridized carbons (Fsp3) is 0.333. The molecule has 0 amide bonds. The predicted octanol–water partition coefficient (Wildman–Crippen LogP) is 2.18. The van der Waals surface area contributed by atoms with Gasteiger partial charge in [-0.25, -0.2) is 0 Å². The van der Waals surface area contributed by atoms with Crippen molar-refractivity contribution < 1.29 is 9.66 Å². The van der Waals surface area contributed by atoms with Crippen molar-refractivity contribution in [3.8, 4) is 0 Å². The van der Waals surface area contributed by atoms with Crippen LogP contribution in [0.25, 0.3) is 0 Å². The van der Waals surface area contributed by atoms with Crippen LogP contribution in [0, 0.1) is 10.1 Å². The highest BCUT2D eigenvalue weighted by Crippen LogP contribution is 2.15. The Hall–Kier alpha value is -2.18. The lowest BCUT2D eigenvalue weighted by atomic mass is 10.2. The minimum atomic E-state index is -0.369. The third-order valence-corrected chi connectivity index (χ3v) is 3.19. The summed E-state index contributed by atoms with van der Waals surface area (Å²) in [6.07, 6.45) is 1.98. The van der Waals surface area contributed by atoms with E-state index in [4.69, 9.17) is 4.74 Å². The second kappa shape index (κ2) is 7.56. The van der Waals surface area contributed by atoms with Crippen molar-refractivity contribution in [1.82, 2.24) is 9.88 Å². The maximum Gasteiger partial charge on any atom is 0.269 e. The molecule has 0 aliphatic carbocycles. The molecule has 2 rings (SSSR count). The fourth-order valence-corrected chi connectivity index (χ4v) is 2.12. The summed E-state index contributed by atoms with van der Waals surface area (Å²) in [5, 5.41) is 14.1. The van der Waals surface area contributed by atoms with Crippen LogP contribution in [0.3, 0.4) is 0 Å². The van der Waals surface area contributed by atoms with Crippen molar-refractivity contribution >= 4 is 5.69 Å². The maximum absolute atomic E-state index is 10.8. The molecule has 0 saturated heterocycles. The number of hydrogen-bond acceptors (Lipinski definition) is 4. The number of aromatic nitrogens is 1. The topological polar surface area (TPSA) is 69.3 Å². The SMILES string of the molecule is COCCNCc1cccn1Cc1cccc([N+](=O)[O-])c1. The zero-order chi connectivity index (χ0) is 15.1. The molecule has 0 radical (unpaired) electrons. The normalized spacial score (nSPS) is 10.7. The molecule has 2 aromatic rings. The molecular formula is C15H19N3O3. The molecule has 0 bridgehead atoms. The van der Waals surface area contributed by atoms with Gasteiger partial charge in [-0.2, -0.15) is 0 Å². The van der Waals surface area contributed by atoms with Crippen LogP contribution in [0.2, 0.25) is 0 Å². The molecule has 6 nitrogen and oxygen atoms in total. The smallest absolute Gasteiger partial charge is 0.269 e. The van der Waals surface area contributed by atoms with Crippen molar-refractivity contribution in [3.63, 3.8) is 0 Å². The Bertz CT molecular complexity index is 595. The number of rotatable bonds is 8. The molecule has 0 saturated carbocycles. The predicted molar refractivity (Wildman–Crippen MR) is 80.2 cm³/mol. The highest BCUT2D eigenvalue weighted by atomic mass is 16.6. The third kappa shape index (κ3) is 4.40. The first kappa shape index (κ1) is 15.2. The van der Waals surface area contributed by atoms with Gasteiger partial charge in [0, 0.05) is 50.8 Å². The molecule has 0 fully saturated rings. The first-order chi connectivity index (χ1) is 10.2. The van der Waals surface area contributed by atoms with Gasteiger partial charge < -0.3 is 14.6 Å².